The second-order valence-electron chi connectivity index (χ2n) is 36.4. The smallest absolute Gasteiger partial charge is 0.413 e. The zero-order chi connectivity index (χ0) is 104. The Balaban J connectivity index is 0.000000129. The van der Waals surface area contributed by atoms with Crippen LogP contribution in [0.4, 0.5) is 61.7 Å². The average Bonchev–Trinajstić information content (AvgIpc) is 1.24. The summed E-state index contributed by atoms with van der Waals surface area (Å²) in [6, 6.07) is 42.8. The van der Waals surface area contributed by atoms with Crippen molar-refractivity contribution in [3.8, 4) is 0 Å². The summed E-state index contributed by atoms with van der Waals surface area (Å²) >= 11 is 0. The highest BCUT2D eigenvalue weighted by atomic mass is 16.5. The molecule has 33 nitrogen and oxygen atoms in total. The van der Waals surface area contributed by atoms with E-state index in [9.17, 15) is 33.6 Å². The van der Waals surface area contributed by atoms with Crippen LogP contribution >= 0.6 is 0 Å². The van der Waals surface area contributed by atoms with Gasteiger partial charge < -0.3 is 91.4 Å². The van der Waals surface area contributed by atoms with E-state index in [1.54, 1.807) is 101 Å². The lowest BCUT2D eigenvalue weighted by atomic mass is 9.93. The van der Waals surface area contributed by atoms with Crippen LogP contribution in [-0.4, -0.2) is 192 Å². The van der Waals surface area contributed by atoms with Gasteiger partial charge in [0.15, 0.2) is 0 Å². The molecule has 0 bridgehead atoms. The van der Waals surface area contributed by atoms with Gasteiger partial charge >= 0.3 is 12.1 Å². The molecule has 7 aromatic carbocycles. The molecule has 3 amide bonds. The van der Waals surface area contributed by atoms with Gasteiger partial charge in [0, 0.05) is 208 Å². The molecule has 0 atom stereocenters. The fraction of sp³-hybridized carbons (Fsp3) is 0.270. The quantitative estimate of drug-likeness (QED) is 0.0297. The Morgan fingerprint density at radius 2 is 0.527 bits per heavy atom. The minimum Gasteiger partial charge on any atom is -0.469 e. The average molecular weight is 1990 g/mol. The van der Waals surface area contributed by atoms with Crippen LogP contribution in [0.15, 0.2) is 215 Å². The van der Waals surface area contributed by atoms with Crippen LogP contribution in [0, 0.1) is 0 Å². The van der Waals surface area contributed by atoms with Gasteiger partial charge in [0.25, 0.3) is 0 Å². The number of nitrogens with zero attached hydrogens (tertiary/aromatic N) is 10. The number of hydrogen-bond acceptors (Lipinski definition) is 23. The van der Waals surface area contributed by atoms with E-state index in [-0.39, 0.29) is 41.2 Å². The zero-order valence-electron chi connectivity index (χ0n) is 85.2. The van der Waals surface area contributed by atoms with Gasteiger partial charge in [0.05, 0.1) is 148 Å². The second kappa shape index (κ2) is 51.6. The third-order valence-corrected chi connectivity index (χ3v) is 26.1. The van der Waals surface area contributed by atoms with E-state index in [1.165, 1.54) is 74.8 Å². The Hall–Kier alpha value is -17.5. The molecule has 21 rings (SSSR count). The number of ether oxygens (including phenoxy) is 2. The van der Waals surface area contributed by atoms with Gasteiger partial charge in [-0.3, -0.25) is 33.7 Å². The number of imidazole rings is 7. The Morgan fingerprint density at radius 1 is 0.291 bits per heavy atom. The van der Waals surface area contributed by atoms with E-state index in [2.05, 4.69) is 204 Å². The lowest BCUT2D eigenvalue weighted by Crippen LogP contribution is -2.26. The van der Waals surface area contributed by atoms with Crippen LogP contribution in [0.3, 0.4) is 0 Å². The third kappa shape index (κ3) is 28.5. The van der Waals surface area contributed by atoms with E-state index in [4.69, 9.17) is 9.47 Å². The number of aromatic amines is 7. The van der Waals surface area contributed by atoms with E-state index < -0.39 is 0 Å². The summed E-state index contributed by atoms with van der Waals surface area (Å²) < 4.78 is 9.49. The number of carbonyl (C=O) groups excluding carboxylic acids is 7. The number of anilines is 10. The number of rotatable bonds is 21. The molecule has 0 unspecified atom stereocenters. The van der Waals surface area contributed by atoms with Gasteiger partial charge in [0.1, 0.15) is 17.3 Å². The molecule has 0 fully saturated rings. The molecular formula is C115H128N24O9. The molecule has 7 aromatic heterocycles. The third-order valence-electron chi connectivity index (χ3n) is 26.1. The predicted octanol–water partition coefficient (Wildman–Crippen LogP) is 20.8. The van der Waals surface area contributed by atoms with Gasteiger partial charge in [-0.05, 0) is 259 Å². The van der Waals surface area contributed by atoms with Crippen LogP contribution in [0.1, 0.15) is 200 Å². The fourth-order valence-electron chi connectivity index (χ4n) is 18.1. The minimum absolute atomic E-state index is 0.0258. The lowest BCUT2D eigenvalue weighted by molar-refractivity contribution is -0.139. The Kier molecular flexibility index (Phi) is 36.6. The van der Waals surface area contributed by atoms with Crippen molar-refractivity contribution < 1.29 is 43.0 Å². The number of fused-ring (bicyclic) bond motifs is 7. The van der Waals surface area contributed by atoms with Crippen molar-refractivity contribution >= 4 is 180 Å². The molecule has 33 heteroatoms. The molecule has 7 aliphatic heterocycles. The summed E-state index contributed by atoms with van der Waals surface area (Å²) in [4.78, 5) is 136. The number of ketones is 3. The highest BCUT2D eigenvalue weighted by Crippen LogP contribution is 2.42. The summed E-state index contributed by atoms with van der Waals surface area (Å²) in [5.74, 6) is 0.655. The molecular weight excluding hydrogens is 1860 g/mol. The van der Waals surface area contributed by atoms with Crippen LogP contribution in [0.5, 0.6) is 0 Å². The van der Waals surface area contributed by atoms with E-state index in [0.717, 1.165) is 232 Å². The molecule has 148 heavy (non-hydrogen) atoms. The molecule has 0 spiro atoms. The number of Topliss-reactive ketones (excluding diaryl/α,β-unsaturated/α-hetero) is 3. The Labute approximate surface area is 861 Å². The normalized spacial score (nSPS) is 15.4. The standard InChI is InChI=1S/C17H20N4O.2C17H19N3O.C16H18N4O2.C16H18N4O.C16H17N3O2.C16H17N3O/c1-3-17(22)21(2)14-4-5-16-15(9-14)12(6-7-19-16)8-13-10-18-11-20-13;2*1-2-15(21)7-12-3-4-17-16(8-12)13(5-6-19-17)9-14-10-18-11-20-14;1-20(16(21)22-2)13-3-4-15-14(8-13)11(5-6-18-15)7-12-9-17-10-19-12;1-11(21)20(2)14-3-4-16-15(8-14)12(5-6-18-16)7-13-9-17-10-19-13;1-21-16(20)7-11-2-3-15-14(6-11)12(4-5-18-15)8-13-9-17-10-19-13;1-11(20)6-12-2-3-16-15(7-12)13(4-5-18-16)8-14-9-17-10-19-14/h4-5,8-11,19H,3,6-7H2,1-2H3,(H,18,20);2*3-4,8-11,19H,2,5-7H2,1H3,(H,18,20);3-4,7-10,18H,5-6H2,1-2H3,(H,17,19);3-4,7-10,18H,5-6H2,1-2H3,(H,17,19);2-3,6,8-10,18H,4-5,7H2,1H3,(H,17,19);2-3,7-10,18H,4-6H2,1H3,(H,17,19)/b12-8+;2*13-9+;11-7+;12-7+;12-8+;13-8+. The van der Waals surface area contributed by atoms with Gasteiger partial charge in [-0.1, -0.05) is 45.0 Å². The first kappa shape index (κ1) is 105. The van der Waals surface area contributed by atoms with Crippen LogP contribution in [-0.2, 0) is 63.9 Å². The molecule has 7 aliphatic rings. The highest BCUT2D eigenvalue weighted by Gasteiger charge is 2.26. The number of carbonyl (C=O) groups is 7. The zero-order valence-corrected chi connectivity index (χ0v) is 85.2. The number of aromatic nitrogens is 14. The first-order valence-corrected chi connectivity index (χ1v) is 49.9. The van der Waals surface area contributed by atoms with Gasteiger partial charge in [-0.15, -0.1) is 0 Å². The van der Waals surface area contributed by atoms with Crippen molar-refractivity contribution in [2.75, 3.05) is 133 Å². The largest absolute Gasteiger partial charge is 0.469 e. The van der Waals surface area contributed by atoms with E-state index in [1.807, 2.05) is 125 Å². The van der Waals surface area contributed by atoms with Crippen molar-refractivity contribution in [2.45, 2.75) is 125 Å². The van der Waals surface area contributed by atoms with Crippen molar-refractivity contribution in [2.24, 2.45) is 0 Å². The second-order valence-corrected chi connectivity index (χ2v) is 36.4. The van der Waals surface area contributed by atoms with Crippen molar-refractivity contribution in [3.05, 3.63) is 316 Å². The van der Waals surface area contributed by atoms with Gasteiger partial charge in [0.2, 0.25) is 11.8 Å². The monoisotopic (exact) mass is 1990 g/mol. The van der Waals surface area contributed by atoms with Crippen LogP contribution in [0.2, 0.25) is 0 Å². The van der Waals surface area contributed by atoms with Crippen LogP contribution < -0.4 is 51.9 Å². The molecule has 0 saturated heterocycles. The summed E-state index contributed by atoms with van der Waals surface area (Å²) in [5, 5.41) is 23.8. The molecule has 0 aliphatic carbocycles. The molecule has 14 aromatic rings. The number of hydrogen-bond donors (Lipinski definition) is 14. The van der Waals surface area contributed by atoms with Crippen molar-refractivity contribution in [1.29, 1.82) is 0 Å². The Morgan fingerprint density at radius 3 is 0.750 bits per heavy atom. The van der Waals surface area contributed by atoms with E-state index >= 15 is 0 Å². The number of benzene rings is 7. The summed E-state index contributed by atoms with van der Waals surface area (Å²) in [6.45, 7) is 15.3. The molecule has 0 saturated carbocycles. The maximum Gasteiger partial charge on any atom is 0.413 e. The maximum absolute atomic E-state index is 11.9. The fourth-order valence-corrected chi connectivity index (χ4v) is 18.1. The first-order valence-electron chi connectivity index (χ1n) is 49.9. The molecule has 14 heterocycles. The first-order chi connectivity index (χ1) is 72.0. The van der Waals surface area contributed by atoms with Crippen molar-refractivity contribution in [1.82, 2.24) is 69.8 Å². The number of nitrogens with one attached hydrogen (secondary N) is 14. The molecule has 0 radical (unpaired) electrons. The molecule has 14 N–H and O–H groups in total. The highest BCUT2D eigenvalue weighted by molar-refractivity contribution is 6.00. The number of amides is 3. The summed E-state index contributed by atoms with van der Waals surface area (Å²) in [7, 11) is 8.09. The lowest BCUT2D eigenvalue weighted by Gasteiger charge is -2.24. The summed E-state index contributed by atoms with van der Waals surface area (Å²) in [6.07, 6.45) is 49.0. The SMILES string of the molecule is CC(=O)Cc1ccc2c(c1)/C(=C/c1cnc[nH]1)CCN2.CC(=O)N(C)c1ccc2c(c1)/C(=C/c1cnc[nH]1)CCN2.CCC(=O)Cc1ccc2c(c1)/C(=C/c1cnc[nH]1)CCN2.CCC(=O)Cc1ccc2c(c1)/C(=C/c1cnc[nH]1)CCN2.CCC(=O)N(C)c1ccc2c(c1)/C(=C/c1cnc[nH]1)CCN2.COC(=O)Cc1ccc2c(c1)/C(=C/c1cnc[nH]1)CCN2.COC(=O)N(C)c1ccc2c(c1)/C(=C/c1cnc[nH]1)CCN2. The summed E-state index contributed by atoms with van der Waals surface area (Å²) in [5.41, 5.74) is 38.4. The number of H-pyrrole nitrogens is 7. The topological polar surface area (TPSA) is 433 Å². The van der Waals surface area contributed by atoms with Crippen molar-refractivity contribution in [3.63, 3.8) is 0 Å². The predicted molar refractivity (Wildman–Crippen MR) is 594 cm³/mol. The van der Waals surface area contributed by atoms with E-state index in [0.29, 0.717) is 44.9 Å². The Bertz CT molecular complexity index is 6740. The van der Waals surface area contributed by atoms with Gasteiger partial charge in [-0.25, -0.2) is 39.7 Å². The maximum atomic E-state index is 11.9. The number of esters is 1. The minimum atomic E-state index is -0.386. The number of methoxy groups -OCH3 is 2. The molecule has 762 valence electrons. The van der Waals surface area contributed by atoms with Crippen LogP contribution in [0.25, 0.3) is 81.5 Å². The van der Waals surface area contributed by atoms with Gasteiger partial charge in [-0.2, -0.15) is 0 Å².